The minimum Gasteiger partial charge on any atom is -0.477 e. The molecule has 7 nitrogen and oxygen atoms in total. The number of carbonyl (C=O) groups is 2. The van der Waals surface area contributed by atoms with Crippen LogP contribution in [0.2, 0.25) is 0 Å². The van der Waals surface area contributed by atoms with Crippen LogP contribution in [-0.4, -0.2) is 26.8 Å². The number of aryl methyl sites for hydroxylation is 1. The molecule has 0 unspecified atom stereocenters. The van der Waals surface area contributed by atoms with E-state index in [9.17, 15) is 19.1 Å². The second-order valence-electron chi connectivity index (χ2n) is 6.18. The normalized spacial score (nSPS) is 15.4. The highest BCUT2D eigenvalue weighted by Crippen LogP contribution is 2.30. The third kappa shape index (κ3) is 3.01. The average Bonchev–Trinajstić information content (AvgIpc) is 3.19. The molecule has 4 rings (SSSR count). The molecule has 0 aliphatic carbocycles. The van der Waals surface area contributed by atoms with Gasteiger partial charge in [-0.3, -0.25) is 4.79 Å². The summed E-state index contributed by atoms with van der Waals surface area (Å²) in [6.45, 7) is 1.65. The molecule has 1 aromatic carbocycles. The van der Waals surface area contributed by atoms with Gasteiger partial charge >= 0.3 is 5.97 Å². The molecular weight excluding hydrogens is 365 g/mol. The van der Waals surface area contributed by atoms with E-state index in [1.165, 1.54) is 24.3 Å². The lowest BCUT2D eigenvalue weighted by Crippen LogP contribution is -2.12. The zero-order valence-corrected chi connectivity index (χ0v) is 14.6. The van der Waals surface area contributed by atoms with Crippen molar-refractivity contribution in [1.82, 2.24) is 9.97 Å². The monoisotopic (exact) mass is 379 g/mol. The first kappa shape index (κ1) is 17.5. The zero-order chi connectivity index (χ0) is 19.8. The first-order valence-corrected chi connectivity index (χ1v) is 8.31. The van der Waals surface area contributed by atoms with Crippen LogP contribution in [0.1, 0.15) is 11.1 Å². The van der Waals surface area contributed by atoms with Crippen molar-refractivity contribution in [3.63, 3.8) is 0 Å². The van der Waals surface area contributed by atoms with Crippen molar-refractivity contribution < 1.29 is 23.8 Å². The highest BCUT2D eigenvalue weighted by atomic mass is 19.1. The Morgan fingerprint density at radius 2 is 2.18 bits per heavy atom. The van der Waals surface area contributed by atoms with Crippen molar-refractivity contribution >= 4 is 34.5 Å². The lowest BCUT2D eigenvalue weighted by Gasteiger charge is -2.10. The highest BCUT2D eigenvalue weighted by Gasteiger charge is 2.36. The van der Waals surface area contributed by atoms with Gasteiger partial charge in [-0.15, -0.1) is 0 Å². The van der Waals surface area contributed by atoms with E-state index in [0.717, 1.165) is 5.39 Å². The van der Waals surface area contributed by atoms with Gasteiger partial charge < -0.3 is 20.1 Å². The third-order valence-corrected chi connectivity index (χ3v) is 4.31. The van der Waals surface area contributed by atoms with Gasteiger partial charge in [0.15, 0.2) is 11.3 Å². The number of aromatic nitrogens is 2. The van der Waals surface area contributed by atoms with Crippen molar-refractivity contribution in [3.05, 3.63) is 76.9 Å². The molecule has 0 spiro atoms. The number of Topliss-reactive ketones (excluding diaryl/α,β-unsaturated/α-hetero) is 1. The number of H-pyrrole nitrogens is 1. The molecule has 3 N–H and O–H groups in total. The number of anilines is 1. The van der Waals surface area contributed by atoms with Gasteiger partial charge in [0.05, 0.1) is 0 Å². The first-order valence-electron chi connectivity index (χ1n) is 8.31. The molecule has 0 atom stereocenters. The fourth-order valence-corrected chi connectivity index (χ4v) is 2.94. The molecule has 3 heterocycles. The summed E-state index contributed by atoms with van der Waals surface area (Å²) in [4.78, 5) is 31.3. The van der Waals surface area contributed by atoms with Crippen LogP contribution in [0.4, 0.5) is 10.1 Å². The van der Waals surface area contributed by atoms with Gasteiger partial charge in [-0.25, -0.2) is 14.2 Å². The Hall–Kier alpha value is -3.94. The van der Waals surface area contributed by atoms with Crippen LogP contribution in [0.3, 0.4) is 0 Å². The van der Waals surface area contributed by atoms with E-state index in [2.05, 4.69) is 15.3 Å². The number of carboxylic acids is 1. The van der Waals surface area contributed by atoms with Gasteiger partial charge in [-0.05, 0) is 48.9 Å². The van der Waals surface area contributed by atoms with Crippen molar-refractivity contribution in [3.8, 4) is 0 Å². The number of carboxylic acid groups (broad SMARTS) is 1. The smallest absolute Gasteiger partial charge is 0.345 e. The molecule has 0 radical (unpaired) electrons. The van der Waals surface area contributed by atoms with E-state index < -0.39 is 23.1 Å². The lowest BCUT2D eigenvalue weighted by atomic mass is 10.1. The fourth-order valence-electron chi connectivity index (χ4n) is 2.94. The number of halogens is 1. The summed E-state index contributed by atoms with van der Waals surface area (Å²) >= 11 is 0. The summed E-state index contributed by atoms with van der Waals surface area (Å²) in [6, 6.07) is 7.52. The number of fused-ring (bicyclic) bond motifs is 1. The summed E-state index contributed by atoms with van der Waals surface area (Å²) in [5.74, 6) is -2.95. The zero-order valence-electron chi connectivity index (χ0n) is 14.6. The van der Waals surface area contributed by atoms with E-state index in [1.807, 2.05) is 6.07 Å². The molecule has 0 amide bonds. The molecule has 1 aliphatic rings. The highest BCUT2D eigenvalue weighted by molar-refractivity contribution is 6.26. The number of carbonyl (C=O) groups excluding carboxylic acids is 1. The van der Waals surface area contributed by atoms with E-state index in [4.69, 9.17) is 4.74 Å². The number of ether oxygens (including phenoxy) is 1. The Morgan fingerprint density at radius 1 is 1.36 bits per heavy atom. The summed E-state index contributed by atoms with van der Waals surface area (Å²) in [5.41, 5.74) is 1.71. The largest absolute Gasteiger partial charge is 0.477 e. The summed E-state index contributed by atoms with van der Waals surface area (Å²) in [5, 5.41) is 13.0. The Morgan fingerprint density at radius 3 is 2.93 bits per heavy atom. The quantitative estimate of drug-likeness (QED) is 0.474. The van der Waals surface area contributed by atoms with E-state index in [-0.39, 0.29) is 11.6 Å². The van der Waals surface area contributed by atoms with Crippen molar-refractivity contribution in [2.24, 2.45) is 0 Å². The van der Waals surface area contributed by atoms with Crippen molar-refractivity contribution in [2.75, 3.05) is 5.32 Å². The molecule has 2 aromatic heterocycles. The SMILES string of the molecule is Cc1cc(F)ccc1NC1=C(C(=O)O)C(=O)C(=Cc2c[nH]c3ncccc23)O1. The van der Waals surface area contributed by atoms with Gasteiger partial charge in [0.2, 0.25) is 11.7 Å². The maximum Gasteiger partial charge on any atom is 0.345 e. The number of nitrogens with one attached hydrogen (secondary N) is 2. The molecular formula is C20H14FN3O4. The van der Waals surface area contributed by atoms with Gasteiger partial charge in [0, 0.05) is 29.0 Å². The predicted molar refractivity (Wildman–Crippen MR) is 99.6 cm³/mol. The maximum absolute atomic E-state index is 13.3. The number of hydrogen-bond acceptors (Lipinski definition) is 5. The summed E-state index contributed by atoms with van der Waals surface area (Å²) < 4.78 is 18.8. The molecule has 3 aromatic rings. The van der Waals surface area contributed by atoms with Gasteiger partial charge in [-0.2, -0.15) is 0 Å². The number of pyridine rings is 1. The minimum atomic E-state index is -1.42. The van der Waals surface area contributed by atoms with E-state index in [0.29, 0.717) is 22.5 Å². The number of aromatic amines is 1. The van der Waals surface area contributed by atoms with Crippen LogP contribution < -0.4 is 5.32 Å². The number of aliphatic carboxylic acids is 1. The Kier molecular flexibility index (Phi) is 4.15. The lowest BCUT2D eigenvalue weighted by molar-refractivity contribution is -0.134. The number of benzene rings is 1. The van der Waals surface area contributed by atoms with Crippen LogP contribution in [0.5, 0.6) is 0 Å². The number of hydrogen-bond donors (Lipinski definition) is 3. The number of rotatable bonds is 4. The summed E-state index contributed by atoms with van der Waals surface area (Å²) in [7, 11) is 0. The number of nitrogens with zero attached hydrogens (tertiary/aromatic N) is 1. The molecule has 0 bridgehead atoms. The average molecular weight is 379 g/mol. The van der Waals surface area contributed by atoms with Crippen LogP contribution in [0.15, 0.2) is 59.9 Å². The second-order valence-corrected chi connectivity index (χ2v) is 6.18. The second kappa shape index (κ2) is 6.66. The molecule has 0 saturated carbocycles. The molecule has 1 aliphatic heterocycles. The molecule has 140 valence electrons. The van der Waals surface area contributed by atoms with Crippen LogP contribution in [0, 0.1) is 12.7 Å². The predicted octanol–water partition coefficient (Wildman–Crippen LogP) is 3.36. The topological polar surface area (TPSA) is 104 Å². The third-order valence-electron chi connectivity index (χ3n) is 4.31. The van der Waals surface area contributed by atoms with Crippen molar-refractivity contribution in [2.45, 2.75) is 6.92 Å². The van der Waals surface area contributed by atoms with Gasteiger partial charge in [0.1, 0.15) is 11.5 Å². The van der Waals surface area contributed by atoms with Crippen molar-refractivity contribution in [1.29, 1.82) is 0 Å². The fraction of sp³-hybridized carbons (Fsp3) is 0.0500. The Balaban J connectivity index is 1.71. The van der Waals surface area contributed by atoms with E-state index in [1.54, 1.807) is 25.4 Å². The molecule has 0 fully saturated rings. The van der Waals surface area contributed by atoms with Crippen LogP contribution in [0.25, 0.3) is 17.1 Å². The standard InChI is InChI=1S/C20H14FN3O4/c1-10-7-12(21)4-5-14(10)24-19-16(20(26)27)17(25)15(28-19)8-11-9-23-18-13(11)3-2-6-22-18/h2-9,24H,1H3,(H,22,23)(H,26,27). The molecule has 8 heteroatoms. The van der Waals surface area contributed by atoms with E-state index >= 15 is 0 Å². The molecule has 0 saturated heterocycles. The number of ketones is 1. The first-order chi connectivity index (χ1) is 13.4. The minimum absolute atomic E-state index is 0.135. The Labute approximate surface area is 158 Å². The van der Waals surface area contributed by atoms with Gasteiger partial charge in [-0.1, -0.05) is 0 Å². The maximum atomic E-state index is 13.3. The molecule has 28 heavy (non-hydrogen) atoms. The summed E-state index contributed by atoms with van der Waals surface area (Å²) in [6.07, 6.45) is 4.74. The van der Waals surface area contributed by atoms with Gasteiger partial charge in [0.25, 0.3) is 0 Å². The van der Waals surface area contributed by atoms with Crippen LogP contribution >= 0.6 is 0 Å². The number of allylic oxidation sites excluding steroid dienone is 1. The van der Waals surface area contributed by atoms with Crippen LogP contribution in [-0.2, 0) is 14.3 Å². The Bertz CT molecular complexity index is 1190.